The molecule has 26 heavy (non-hydrogen) atoms. The number of thiazole rings is 1. The molecule has 0 aliphatic carbocycles. The molecule has 0 aliphatic rings. The zero-order valence-electron chi connectivity index (χ0n) is 14.5. The third-order valence-electron chi connectivity index (χ3n) is 3.65. The van der Waals surface area contributed by atoms with Gasteiger partial charge in [-0.25, -0.2) is 4.99 Å². The molecule has 0 atom stereocenters. The monoisotopic (exact) mass is 389 g/mol. The zero-order valence-corrected chi connectivity index (χ0v) is 16.1. The summed E-state index contributed by atoms with van der Waals surface area (Å²) in [6, 6.07) is 17.0. The summed E-state index contributed by atoms with van der Waals surface area (Å²) in [4.78, 5) is 17.8. The highest BCUT2D eigenvalue weighted by molar-refractivity contribution is 7.07. The standard InChI is InChI=1S/C19H19N3O2S.ClH/c1-14-13-25-19(21-15-6-4-3-5-7-15)22(14)12-18(23)20-16-8-10-17(24-2)11-9-16;/h3-11,13H,12H2,1-2H3,(H,20,23);1H. The molecule has 3 rings (SSSR count). The summed E-state index contributed by atoms with van der Waals surface area (Å²) < 4.78 is 7.03. The summed E-state index contributed by atoms with van der Waals surface area (Å²) in [6.45, 7) is 2.19. The number of anilines is 1. The van der Waals surface area contributed by atoms with Crippen molar-refractivity contribution in [1.82, 2.24) is 4.57 Å². The van der Waals surface area contributed by atoms with Gasteiger partial charge in [0.1, 0.15) is 12.3 Å². The van der Waals surface area contributed by atoms with Crippen LogP contribution >= 0.6 is 23.7 Å². The van der Waals surface area contributed by atoms with Crippen LogP contribution in [0.5, 0.6) is 5.75 Å². The second-order valence-electron chi connectivity index (χ2n) is 5.47. The molecule has 1 N–H and O–H groups in total. The highest BCUT2D eigenvalue weighted by Gasteiger charge is 2.08. The van der Waals surface area contributed by atoms with Gasteiger partial charge in [0.25, 0.3) is 0 Å². The van der Waals surface area contributed by atoms with Crippen molar-refractivity contribution in [1.29, 1.82) is 0 Å². The minimum atomic E-state index is -0.0961. The van der Waals surface area contributed by atoms with E-state index in [1.165, 1.54) is 11.3 Å². The van der Waals surface area contributed by atoms with Crippen LogP contribution in [0.4, 0.5) is 11.4 Å². The van der Waals surface area contributed by atoms with Gasteiger partial charge in [0, 0.05) is 16.8 Å². The predicted molar refractivity (Wildman–Crippen MR) is 108 cm³/mol. The van der Waals surface area contributed by atoms with Crippen LogP contribution < -0.4 is 14.9 Å². The maximum atomic E-state index is 12.4. The second kappa shape index (κ2) is 9.22. The summed E-state index contributed by atoms with van der Waals surface area (Å²) >= 11 is 1.52. The van der Waals surface area contributed by atoms with Crippen molar-refractivity contribution in [3.63, 3.8) is 0 Å². The van der Waals surface area contributed by atoms with Crippen molar-refractivity contribution < 1.29 is 9.53 Å². The molecule has 0 saturated heterocycles. The average Bonchev–Trinajstić information content (AvgIpc) is 2.96. The van der Waals surface area contributed by atoms with Crippen LogP contribution in [0.25, 0.3) is 0 Å². The number of aromatic nitrogens is 1. The van der Waals surface area contributed by atoms with E-state index < -0.39 is 0 Å². The highest BCUT2D eigenvalue weighted by atomic mass is 35.5. The molecule has 3 aromatic rings. The number of para-hydroxylation sites is 1. The van der Waals surface area contributed by atoms with Gasteiger partial charge in [-0.3, -0.25) is 4.79 Å². The number of amides is 1. The predicted octanol–water partition coefficient (Wildman–Crippen LogP) is 4.16. The van der Waals surface area contributed by atoms with E-state index in [2.05, 4.69) is 10.3 Å². The number of hydrogen-bond acceptors (Lipinski definition) is 4. The number of carbonyl (C=O) groups is 1. The van der Waals surface area contributed by atoms with Crippen molar-refractivity contribution in [3.8, 4) is 5.75 Å². The number of carbonyl (C=O) groups excluding carboxylic acids is 1. The molecular weight excluding hydrogens is 370 g/mol. The van der Waals surface area contributed by atoms with Crippen molar-refractivity contribution in [2.45, 2.75) is 13.5 Å². The minimum absolute atomic E-state index is 0. The largest absolute Gasteiger partial charge is 0.497 e. The fourth-order valence-corrected chi connectivity index (χ4v) is 3.22. The first-order valence-electron chi connectivity index (χ1n) is 7.84. The normalized spacial score (nSPS) is 10.9. The highest BCUT2D eigenvalue weighted by Crippen LogP contribution is 2.15. The molecule has 0 fully saturated rings. The van der Waals surface area contributed by atoms with Crippen LogP contribution in [0.1, 0.15) is 5.69 Å². The van der Waals surface area contributed by atoms with E-state index in [9.17, 15) is 4.79 Å². The van der Waals surface area contributed by atoms with Crippen LogP contribution in [-0.4, -0.2) is 17.6 Å². The fraction of sp³-hybridized carbons (Fsp3) is 0.158. The quantitative estimate of drug-likeness (QED) is 0.712. The van der Waals surface area contributed by atoms with Gasteiger partial charge >= 0.3 is 0 Å². The summed E-state index contributed by atoms with van der Waals surface area (Å²) in [6.07, 6.45) is 0. The zero-order chi connectivity index (χ0) is 17.6. The third-order valence-corrected chi connectivity index (χ3v) is 4.63. The van der Waals surface area contributed by atoms with E-state index in [1.807, 2.05) is 71.5 Å². The molecule has 0 saturated carbocycles. The number of rotatable bonds is 5. The van der Waals surface area contributed by atoms with Gasteiger partial charge in [0.15, 0.2) is 4.80 Å². The van der Waals surface area contributed by atoms with Gasteiger partial charge in [-0.05, 0) is 43.3 Å². The van der Waals surface area contributed by atoms with Gasteiger partial charge < -0.3 is 14.6 Å². The Balaban J connectivity index is 0.00000243. The Morgan fingerprint density at radius 2 is 1.85 bits per heavy atom. The molecule has 1 amide bonds. The van der Waals surface area contributed by atoms with Gasteiger partial charge in [0.05, 0.1) is 12.8 Å². The Bertz CT molecular complexity index is 918. The number of nitrogens with one attached hydrogen (secondary N) is 1. The van der Waals surface area contributed by atoms with Crippen molar-refractivity contribution in [3.05, 3.63) is 70.5 Å². The number of methoxy groups -OCH3 is 1. The molecule has 7 heteroatoms. The van der Waals surface area contributed by atoms with Crippen molar-refractivity contribution >= 4 is 41.0 Å². The molecule has 0 spiro atoms. The first kappa shape index (κ1) is 19.8. The Kier molecular flexibility index (Phi) is 7.00. The van der Waals surface area contributed by atoms with E-state index in [0.29, 0.717) is 0 Å². The molecule has 1 aromatic heterocycles. The summed E-state index contributed by atoms with van der Waals surface area (Å²) in [5, 5.41) is 4.90. The van der Waals surface area contributed by atoms with E-state index in [4.69, 9.17) is 4.74 Å². The number of aryl methyl sites for hydroxylation is 1. The Morgan fingerprint density at radius 1 is 1.15 bits per heavy atom. The molecule has 0 unspecified atom stereocenters. The molecule has 0 bridgehead atoms. The van der Waals surface area contributed by atoms with E-state index >= 15 is 0 Å². The number of hydrogen-bond donors (Lipinski definition) is 1. The summed E-state index contributed by atoms with van der Waals surface area (Å²) in [7, 11) is 1.61. The molecular formula is C19H20ClN3O2S. The van der Waals surface area contributed by atoms with E-state index in [1.54, 1.807) is 7.11 Å². The minimum Gasteiger partial charge on any atom is -0.497 e. The van der Waals surface area contributed by atoms with Gasteiger partial charge in [-0.1, -0.05) is 18.2 Å². The summed E-state index contributed by atoms with van der Waals surface area (Å²) in [5.41, 5.74) is 2.61. The van der Waals surface area contributed by atoms with Gasteiger partial charge in [-0.15, -0.1) is 23.7 Å². The lowest BCUT2D eigenvalue weighted by Crippen LogP contribution is -2.25. The maximum absolute atomic E-state index is 12.4. The van der Waals surface area contributed by atoms with Gasteiger partial charge in [0.2, 0.25) is 5.91 Å². The number of nitrogens with zero attached hydrogens (tertiary/aromatic N) is 2. The van der Waals surface area contributed by atoms with Crippen LogP contribution in [0.15, 0.2) is 65.0 Å². The third kappa shape index (κ3) is 4.97. The first-order chi connectivity index (χ1) is 12.2. The first-order valence-corrected chi connectivity index (χ1v) is 8.72. The lowest BCUT2D eigenvalue weighted by molar-refractivity contribution is -0.116. The molecule has 0 radical (unpaired) electrons. The fourth-order valence-electron chi connectivity index (χ4n) is 2.33. The topological polar surface area (TPSA) is 55.6 Å². The van der Waals surface area contributed by atoms with Crippen LogP contribution in [-0.2, 0) is 11.3 Å². The van der Waals surface area contributed by atoms with Gasteiger partial charge in [-0.2, -0.15) is 0 Å². The van der Waals surface area contributed by atoms with E-state index in [0.717, 1.165) is 27.6 Å². The average molecular weight is 390 g/mol. The number of halogens is 1. The molecule has 136 valence electrons. The Hall–Kier alpha value is -2.57. The van der Waals surface area contributed by atoms with Crippen molar-refractivity contribution in [2.24, 2.45) is 4.99 Å². The molecule has 5 nitrogen and oxygen atoms in total. The van der Waals surface area contributed by atoms with Crippen LogP contribution in [0.3, 0.4) is 0 Å². The molecule has 0 aliphatic heterocycles. The second-order valence-corrected chi connectivity index (χ2v) is 6.31. The molecule has 1 heterocycles. The molecule has 2 aromatic carbocycles. The lowest BCUT2D eigenvalue weighted by Gasteiger charge is -2.08. The van der Waals surface area contributed by atoms with Crippen LogP contribution in [0.2, 0.25) is 0 Å². The SMILES string of the molecule is COc1ccc(NC(=O)Cn2c(C)csc2=Nc2ccccc2)cc1.Cl. The lowest BCUT2D eigenvalue weighted by atomic mass is 10.3. The Morgan fingerprint density at radius 3 is 2.50 bits per heavy atom. The maximum Gasteiger partial charge on any atom is 0.244 e. The number of ether oxygens (including phenoxy) is 1. The Labute approximate surface area is 162 Å². The van der Waals surface area contributed by atoms with E-state index in [-0.39, 0.29) is 24.9 Å². The smallest absolute Gasteiger partial charge is 0.244 e. The summed E-state index contributed by atoms with van der Waals surface area (Å²) in [5.74, 6) is 0.658. The number of benzene rings is 2. The van der Waals surface area contributed by atoms with Crippen LogP contribution in [0, 0.1) is 6.92 Å². The van der Waals surface area contributed by atoms with Crippen molar-refractivity contribution in [2.75, 3.05) is 12.4 Å².